The number of hydrogen-bond acceptors (Lipinski definition) is 4. The van der Waals surface area contributed by atoms with Gasteiger partial charge in [-0.25, -0.2) is 0 Å². The van der Waals surface area contributed by atoms with Gasteiger partial charge in [0.05, 0.1) is 5.92 Å². The number of esters is 1. The van der Waals surface area contributed by atoms with Crippen LogP contribution in [0.5, 0.6) is 0 Å². The second-order valence-electron chi connectivity index (χ2n) is 4.64. The fourth-order valence-electron chi connectivity index (χ4n) is 1.18. The SMILES string of the molecule is CC(C)(C)OC(=O)[C@@H]1C[C@@]1(N)C(=O)O. The summed E-state index contributed by atoms with van der Waals surface area (Å²) in [6.07, 6.45) is 0.164. The number of carboxylic acids is 1. The van der Waals surface area contributed by atoms with Crippen LogP contribution >= 0.6 is 0 Å². The summed E-state index contributed by atoms with van der Waals surface area (Å²) in [6, 6.07) is 0. The number of nitrogens with two attached hydrogens (primary N) is 1. The second-order valence-corrected chi connectivity index (χ2v) is 4.64. The van der Waals surface area contributed by atoms with Crippen LogP contribution in [0.25, 0.3) is 0 Å². The van der Waals surface area contributed by atoms with Gasteiger partial charge in [0.15, 0.2) is 0 Å². The number of hydrogen-bond donors (Lipinski definition) is 2. The molecule has 1 aliphatic carbocycles. The van der Waals surface area contributed by atoms with E-state index in [1.54, 1.807) is 20.8 Å². The third-order valence-electron chi connectivity index (χ3n) is 2.09. The molecule has 0 aromatic carbocycles. The first kappa shape index (κ1) is 11.0. The Kier molecular flexibility index (Phi) is 2.31. The number of carbonyl (C=O) groups is 2. The summed E-state index contributed by atoms with van der Waals surface area (Å²) in [5, 5.41) is 8.70. The number of carboxylic acid groups (broad SMARTS) is 1. The van der Waals surface area contributed by atoms with Gasteiger partial charge in [-0.15, -0.1) is 0 Å². The largest absolute Gasteiger partial charge is 0.480 e. The zero-order valence-electron chi connectivity index (χ0n) is 8.53. The van der Waals surface area contributed by atoms with E-state index in [1.165, 1.54) is 0 Å². The fraction of sp³-hybridized carbons (Fsp3) is 0.778. The predicted octanol–water partition coefficient (Wildman–Crippen LogP) is 0.130. The minimum Gasteiger partial charge on any atom is -0.480 e. The third kappa shape index (κ3) is 2.04. The Hall–Kier alpha value is -1.10. The molecule has 5 nitrogen and oxygen atoms in total. The monoisotopic (exact) mass is 201 g/mol. The predicted molar refractivity (Wildman–Crippen MR) is 48.5 cm³/mol. The van der Waals surface area contributed by atoms with Crippen LogP contribution in [-0.4, -0.2) is 28.2 Å². The smallest absolute Gasteiger partial charge is 0.324 e. The number of aliphatic carboxylic acids is 1. The van der Waals surface area contributed by atoms with Gasteiger partial charge >= 0.3 is 11.9 Å². The van der Waals surface area contributed by atoms with E-state index < -0.39 is 29.0 Å². The zero-order valence-corrected chi connectivity index (χ0v) is 8.53. The van der Waals surface area contributed by atoms with E-state index in [4.69, 9.17) is 15.6 Å². The van der Waals surface area contributed by atoms with Crippen molar-refractivity contribution >= 4 is 11.9 Å². The Labute approximate surface area is 82.2 Å². The lowest BCUT2D eigenvalue weighted by atomic mass is 10.2. The topological polar surface area (TPSA) is 89.6 Å². The molecule has 0 heterocycles. The maximum absolute atomic E-state index is 11.4. The van der Waals surface area contributed by atoms with Crippen molar-refractivity contribution in [2.24, 2.45) is 11.7 Å². The second kappa shape index (κ2) is 2.95. The van der Waals surface area contributed by atoms with Crippen molar-refractivity contribution in [2.75, 3.05) is 0 Å². The Morgan fingerprint density at radius 1 is 1.50 bits per heavy atom. The molecule has 5 heteroatoms. The molecule has 1 fully saturated rings. The molecule has 1 saturated carbocycles. The normalized spacial score (nSPS) is 31.0. The van der Waals surface area contributed by atoms with Crippen LogP contribution in [0, 0.1) is 5.92 Å². The highest BCUT2D eigenvalue weighted by molar-refractivity contribution is 5.93. The van der Waals surface area contributed by atoms with Crippen LogP contribution in [0.2, 0.25) is 0 Å². The van der Waals surface area contributed by atoms with E-state index in [1.807, 2.05) is 0 Å². The highest BCUT2D eigenvalue weighted by atomic mass is 16.6. The molecule has 14 heavy (non-hydrogen) atoms. The van der Waals surface area contributed by atoms with Crippen molar-refractivity contribution in [1.29, 1.82) is 0 Å². The van der Waals surface area contributed by atoms with E-state index in [2.05, 4.69) is 0 Å². The molecule has 2 atom stereocenters. The highest BCUT2D eigenvalue weighted by Crippen LogP contribution is 2.42. The van der Waals surface area contributed by atoms with Gasteiger partial charge in [0.2, 0.25) is 0 Å². The van der Waals surface area contributed by atoms with Gasteiger partial charge in [-0.2, -0.15) is 0 Å². The van der Waals surface area contributed by atoms with Crippen molar-refractivity contribution in [3.63, 3.8) is 0 Å². The Balaban J connectivity index is 2.56. The average Bonchev–Trinajstić information content (AvgIpc) is 2.60. The molecule has 0 aromatic heterocycles. The molecule has 0 saturated heterocycles. The van der Waals surface area contributed by atoms with Crippen LogP contribution in [0.3, 0.4) is 0 Å². The van der Waals surface area contributed by atoms with Crippen LogP contribution in [0.4, 0.5) is 0 Å². The lowest BCUT2D eigenvalue weighted by Gasteiger charge is -2.19. The molecule has 0 unspecified atom stereocenters. The molecule has 1 rings (SSSR count). The lowest BCUT2D eigenvalue weighted by Crippen LogP contribution is -2.38. The maximum atomic E-state index is 11.4. The number of rotatable bonds is 2. The molecular weight excluding hydrogens is 186 g/mol. The minimum atomic E-state index is -1.40. The van der Waals surface area contributed by atoms with E-state index in [-0.39, 0.29) is 6.42 Å². The van der Waals surface area contributed by atoms with E-state index in [9.17, 15) is 9.59 Å². The van der Waals surface area contributed by atoms with Gasteiger partial charge in [0, 0.05) is 0 Å². The third-order valence-corrected chi connectivity index (χ3v) is 2.09. The van der Waals surface area contributed by atoms with Gasteiger partial charge in [0.1, 0.15) is 11.1 Å². The number of ether oxygens (including phenoxy) is 1. The van der Waals surface area contributed by atoms with E-state index >= 15 is 0 Å². The first-order chi connectivity index (χ1) is 6.17. The summed E-state index contributed by atoms with van der Waals surface area (Å²) in [4.78, 5) is 22.0. The highest BCUT2D eigenvalue weighted by Gasteiger charge is 2.63. The van der Waals surface area contributed by atoms with Gasteiger partial charge in [-0.1, -0.05) is 0 Å². The van der Waals surface area contributed by atoms with Crippen LogP contribution in [0.1, 0.15) is 27.2 Å². The zero-order chi connectivity index (χ0) is 11.1. The maximum Gasteiger partial charge on any atom is 0.324 e. The van der Waals surface area contributed by atoms with E-state index in [0.717, 1.165) is 0 Å². The first-order valence-electron chi connectivity index (χ1n) is 4.42. The first-order valence-corrected chi connectivity index (χ1v) is 4.42. The Morgan fingerprint density at radius 2 is 2.00 bits per heavy atom. The molecule has 0 amide bonds. The molecule has 0 aromatic rings. The van der Waals surface area contributed by atoms with Crippen molar-refractivity contribution in [3.05, 3.63) is 0 Å². The molecule has 0 radical (unpaired) electrons. The van der Waals surface area contributed by atoms with E-state index in [0.29, 0.717) is 0 Å². The fourth-order valence-corrected chi connectivity index (χ4v) is 1.18. The summed E-state index contributed by atoms with van der Waals surface area (Å²) in [5.41, 5.74) is 3.45. The summed E-state index contributed by atoms with van der Waals surface area (Å²) >= 11 is 0. The molecule has 3 N–H and O–H groups in total. The minimum absolute atomic E-state index is 0.164. The molecular formula is C9H15NO4. The number of carbonyl (C=O) groups excluding carboxylic acids is 1. The van der Waals surface area contributed by atoms with Crippen molar-refractivity contribution < 1.29 is 19.4 Å². The Bertz CT molecular complexity index is 281. The van der Waals surface area contributed by atoms with Crippen LogP contribution in [-0.2, 0) is 14.3 Å². The summed E-state index contributed by atoms with van der Waals surface area (Å²) in [6.45, 7) is 5.19. The van der Waals surface area contributed by atoms with Gasteiger partial charge in [0.25, 0.3) is 0 Å². The molecule has 1 aliphatic rings. The standard InChI is InChI=1S/C9H15NO4/c1-8(2,3)14-6(11)5-4-9(5,10)7(12)13/h5H,4,10H2,1-3H3,(H,12,13)/t5-,9-/m0/s1. The average molecular weight is 201 g/mol. The van der Waals surface area contributed by atoms with Crippen LogP contribution in [0.15, 0.2) is 0 Å². The van der Waals surface area contributed by atoms with Gasteiger partial charge in [-0.3, -0.25) is 9.59 Å². The lowest BCUT2D eigenvalue weighted by molar-refractivity contribution is -0.158. The Morgan fingerprint density at radius 3 is 2.29 bits per heavy atom. The molecule has 0 bridgehead atoms. The summed E-state index contributed by atoms with van der Waals surface area (Å²) in [7, 11) is 0. The molecule has 0 spiro atoms. The van der Waals surface area contributed by atoms with Crippen LogP contribution < -0.4 is 5.73 Å². The molecule has 80 valence electrons. The summed E-state index contributed by atoms with van der Waals surface area (Å²) < 4.78 is 5.02. The van der Waals surface area contributed by atoms with Crippen molar-refractivity contribution in [3.8, 4) is 0 Å². The van der Waals surface area contributed by atoms with Crippen molar-refractivity contribution in [2.45, 2.75) is 38.3 Å². The quantitative estimate of drug-likeness (QED) is 0.620. The van der Waals surface area contributed by atoms with Gasteiger partial charge in [-0.05, 0) is 27.2 Å². The summed E-state index contributed by atoms with van der Waals surface area (Å²) in [5.74, 6) is -2.37. The van der Waals surface area contributed by atoms with Gasteiger partial charge < -0.3 is 15.6 Å². The van der Waals surface area contributed by atoms with Crippen molar-refractivity contribution in [1.82, 2.24) is 0 Å². The molecule has 0 aliphatic heterocycles.